The van der Waals surface area contributed by atoms with Crippen molar-refractivity contribution in [1.82, 2.24) is 4.98 Å². The fraction of sp³-hybridized carbons (Fsp3) is 0. The molecule has 1 aromatic carbocycles. The number of halogens is 2. The molecule has 0 aliphatic rings. The lowest BCUT2D eigenvalue weighted by molar-refractivity contribution is 0.0690. The molecule has 0 unspecified atom stereocenters. The first-order valence-electron chi connectivity index (χ1n) is 5.43. The molecule has 20 heavy (non-hydrogen) atoms. The van der Waals surface area contributed by atoms with Crippen molar-refractivity contribution in [1.29, 1.82) is 0 Å². The Hall–Kier alpha value is -2.47. The van der Waals surface area contributed by atoms with E-state index < -0.39 is 17.7 Å². The second kappa shape index (κ2) is 5.66. The van der Waals surface area contributed by atoms with Gasteiger partial charge < -0.3 is 10.4 Å². The number of rotatable bonds is 3. The summed E-state index contributed by atoms with van der Waals surface area (Å²) in [4.78, 5) is 26.2. The smallest absolute Gasteiger partial charge is 0.354 e. The fourth-order valence-electron chi connectivity index (χ4n) is 1.50. The molecule has 102 valence electrons. The number of nitrogens with one attached hydrogen (secondary N) is 1. The highest BCUT2D eigenvalue weighted by atomic mass is 35.5. The molecule has 0 saturated heterocycles. The van der Waals surface area contributed by atoms with Gasteiger partial charge in [0.15, 0.2) is 0 Å². The fourth-order valence-corrected chi connectivity index (χ4v) is 1.66. The maximum absolute atomic E-state index is 13.6. The van der Waals surface area contributed by atoms with Gasteiger partial charge in [-0.2, -0.15) is 0 Å². The van der Waals surface area contributed by atoms with E-state index in [9.17, 15) is 14.0 Å². The number of carbonyl (C=O) groups is 2. The van der Waals surface area contributed by atoms with Crippen molar-refractivity contribution in [2.24, 2.45) is 0 Å². The average molecular weight is 295 g/mol. The van der Waals surface area contributed by atoms with Crippen LogP contribution in [-0.2, 0) is 0 Å². The van der Waals surface area contributed by atoms with Crippen LogP contribution in [0.15, 0.2) is 36.5 Å². The van der Waals surface area contributed by atoms with Crippen LogP contribution in [0.4, 0.5) is 10.1 Å². The predicted molar refractivity (Wildman–Crippen MR) is 70.6 cm³/mol. The quantitative estimate of drug-likeness (QED) is 0.912. The second-order valence-corrected chi connectivity index (χ2v) is 4.25. The van der Waals surface area contributed by atoms with E-state index in [0.717, 1.165) is 6.07 Å². The Kier molecular flexibility index (Phi) is 3.95. The zero-order valence-corrected chi connectivity index (χ0v) is 10.7. The summed E-state index contributed by atoms with van der Waals surface area (Å²) < 4.78 is 13.6. The maximum Gasteiger partial charge on any atom is 0.354 e. The molecule has 0 radical (unpaired) electrons. The molecular formula is C13H8ClFN2O3. The van der Waals surface area contributed by atoms with Gasteiger partial charge in [0.25, 0.3) is 5.91 Å². The lowest BCUT2D eigenvalue weighted by Crippen LogP contribution is -2.14. The third-order valence-corrected chi connectivity index (χ3v) is 2.65. The molecule has 2 N–H and O–H groups in total. The molecule has 1 amide bonds. The molecule has 0 aliphatic heterocycles. The Morgan fingerprint density at radius 3 is 2.65 bits per heavy atom. The van der Waals surface area contributed by atoms with Gasteiger partial charge >= 0.3 is 5.97 Å². The molecule has 5 nitrogen and oxygen atoms in total. The number of anilines is 1. The summed E-state index contributed by atoms with van der Waals surface area (Å²) in [6.45, 7) is 0. The van der Waals surface area contributed by atoms with Gasteiger partial charge in [0.2, 0.25) is 0 Å². The van der Waals surface area contributed by atoms with Crippen LogP contribution >= 0.6 is 11.6 Å². The molecule has 2 aromatic rings. The number of pyridine rings is 1. The average Bonchev–Trinajstić information content (AvgIpc) is 2.38. The monoisotopic (exact) mass is 294 g/mol. The van der Waals surface area contributed by atoms with Crippen molar-refractivity contribution in [3.63, 3.8) is 0 Å². The first-order valence-corrected chi connectivity index (χ1v) is 5.81. The molecule has 0 aliphatic carbocycles. The number of aromatic carboxylic acids is 1. The van der Waals surface area contributed by atoms with Crippen LogP contribution in [0.3, 0.4) is 0 Å². The summed E-state index contributed by atoms with van der Waals surface area (Å²) in [6.07, 6.45) is 1.23. The van der Waals surface area contributed by atoms with Crippen molar-refractivity contribution in [3.8, 4) is 0 Å². The van der Waals surface area contributed by atoms with Gasteiger partial charge in [0.1, 0.15) is 11.5 Å². The molecule has 0 saturated carbocycles. The molecular weight excluding hydrogens is 287 g/mol. The number of carboxylic acids is 1. The van der Waals surface area contributed by atoms with E-state index >= 15 is 0 Å². The number of amides is 1. The number of benzene rings is 1. The highest BCUT2D eigenvalue weighted by Gasteiger charge is 2.13. The van der Waals surface area contributed by atoms with Crippen LogP contribution in [0.25, 0.3) is 0 Å². The summed E-state index contributed by atoms with van der Waals surface area (Å²) in [7, 11) is 0. The molecule has 0 spiro atoms. The molecule has 0 atom stereocenters. The van der Waals surface area contributed by atoms with Crippen molar-refractivity contribution >= 4 is 29.2 Å². The summed E-state index contributed by atoms with van der Waals surface area (Å²) in [5, 5.41) is 11.4. The SMILES string of the molecule is O=C(O)c1cc(NC(=O)c2ccc(Cl)cc2F)ccn1. The van der Waals surface area contributed by atoms with Crippen LogP contribution in [0.5, 0.6) is 0 Å². The first kappa shape index (κ1) is 14.0. The molecule has 1 heterocycles. The number of carboxylic acid groups (broad SMARTS) is 1. The number of hydrogen-bond acceptors (Lipinski definition) is 3. The Balaban J connectivity index is 2.23. The number of aromatic nitrogens is 1. The van der Waals surface area contributed by atoms with E-state index in [0.29, 0.717) is 0 Å². The number of nitrogens with zero attached hydrogens (tertiary/aromatic N) is 1. The van der Waals surface area contributed by atoms with E-state index in [1.807, 2.05) is 0 Å². The van der Waals surface area contributed by atoms with E-state index in [4.69, 9.17) is 16.7 Å². The van der Waals surface area contributed by atoms with Crippen LogP contribution < -0.4 is 5.32 Å². The molecule has 0 fully saturated rings. The molecule has 0 bridgehead atoms. The standard InChI is InChI=1S/C13H8ClFN2O3/c14-7-1-2-9(10(15)5-7)12(18)17-8-3-4-16-11(6-8)13(19)20/h1-6H,(H,19,20)(H,16,17,18). The Labute approximate surface area is 118 Å². The van der Waals surface area contributed by atoms with Gasteiger partial charge in [0.05, 0.1) is 5.56 Å². The van der Waals surface area contributed by atoms with Crippen molar-refractivity contribution in [2.75, 3.05) is 5.32 Å². The minimum absolute atomic E-state index is 0.177. The van der Waals surface area contributed by atoms with Crippen LogP contribution in [-0.4, -0.2) is 22.0 Å². The van der Waals surface area contributed by atoms with Crippen LogP contribution in [0, 0.1) is 5.82 Å². The first-order chi connectivity index (χ1) is 9.47. The maximum atomic E-state index is 13.6. The van der Waals surface area contributed by atoms with E-state index in [-0.39, 0.29) is 22.0 Å². The van der Waals surface area contributed by atoms with Gasteiger partial charge in [-0.1, -0.05) is 11.6 Å². The predicted octanol–water partition coefficient (Wildman–Crippen LogP) is 2.82. The van der Waals surface area contributed by atoms with Gasteiger partial charge in [-0.05, 0) is 30.3 Å². The van der Waals surface area contributed by atoms with Crippen LogP contribution in [0.2, 0.25) is 5.02 Å². The zero-order valence-electron chi connectivity index (χ0n) is 9.93. The van der Waals surface area contributed by atoms with E-state index in [2.05, 4.69) is 10.3 Å². The zero-order chi connectivity index (χ0) is 14.7. The summed E-state index contributed by atoms with van der Waals surface area (Å²) in [5.41, 5.74) is -0.209. The topological polar surface area (TPSA) is 79.3 Å². The highest BCUT2D eigenvalue weighted by molar-refractivity contribution is 6.30. The largest absolute Gasteiger partial charge is 0.477 e. The molecule has 2 rings (SSSR count). The number of carbonyl (C=O) groups excluding carboxylic acids is 1. The lowest BCUT2D eigenvalue weighted by Gasteiger charge is -2.06. The van der Waals surface area contributed by atoms with Crippen molar-refractivity contribution < 1.29 is 19.1 Å². The Morgan fingerprint density at radius 2 is 2.00 bits per heavy atom. The normalized spacial score (nSPS) is 10.1. The van der Waals surface area contributed by atoms with Gasteiger partial charge in [-0.15, -0.1) is 0 Å². The summed E-state index contributed by atoms with van der Waals surface area (Å²) >= 11 is 5.59. The van der Waals surface area contributed by atoms with Gasteiger partial charge in [-0.3, -0.25) is 4.79 Å². The summed E-state index contributed by atoms with van der Waals surface area (Å²) in [6, 6.07) is 6.22. The van der Waals surface area contributed by atoms with E-state index in [1.54, 1.807) is 0 Å². The van der Waals surface area contributed by atoms with Crippen LogP contribution in [0.1, 0.15) is 20.8 Å². The minimum Gasteiger partial charge on any atom is -0.477 e. The van der Waals surface area contributed by atoms with Gasteiger partial charge in [0, 0.05) is 16.9 Å². The third kappa shape index (κ3) is 3.10. The lowest BCUT2D eigenvalue weighted by atomic mass is 10.2. The molecule has 1 aromatic heterocycles. The Bertz CT molecular complexity index is 691. The third-order valence-electron chi connectivity index (χ3n) is 2.41. The molecule has 7 heteroatoms. The minimum atomic E-state index is -1.22. The van der Waals surface area contributed by atoms with Crippen molar-refractivity contribution in [3.05, 3.63) is 58.6 Å². The number of hydrogen-bond donors (Lipinski definition) is 2. The van der Waals surface area contributed by atoms with Crippen molar-refractivity contribution in [2.45, 2.75) is 0 Å². The van der Waals surface area contributed by atoms with E-state index in [1.165, 1.54) is 30.5 Å². The second-order valence-electron chi connectivity index (χ2n) is 3.81. The van der Waals surface area contributed by atoms with Gasteiger partial charge in [-0.25, -0.2) is 14.2 Å². The summed E-state index contributed by atoms with van der Waals surface area (Å²) in [5.74, 6) is -2.69. The Morgan fingerprint density at radius 1 is 1.25 bits per heavy atom. The highest BCUT2D eigenvalue weighted by Crippen LogP contribution is 2.16.